The second-order valence-corrected chi connectivity index (χ2v) is 5.60. The molecule has 0 spiro atoms. The first kappa shape index (κ1) is 15.2. The van der Waals surface area contributed by atoms with Crippen LogP contribution in [0.25, 0.3) is 0 Å². The third-order valence-electron chi connectivity index (χ3n) is 2.63. The summed E-state index contributed by atoms with van der Waals surface area (Å²) in [5.74, 6) is 0. The van der Waals surface area contributed by atoms with Gasteiger partial charge in [-0.25, -0.2) is 4.57 Å². The molecule has 0 amide bonds. The lowest BCUT2D eigenvalue weighted by Gasteiger charge is -2.30. The molecule has 0 saturated carbocycles. The van der Waals surface area contributed by atoms with Gasteiger partial charge in [-0.15, -0.1) is 0 Å². The van der Waals surface area contributed by atoms with Gasteiger partial charge < -0.3 is 14.4 Å². The lowest BCUT2D eigenvalue weighted by molar-refractivity contribution is -0.0986. The Hall–Kier alpha value is 0.0949. The number of hydrogen-bond donors (Lipinski definition) is 1. The van der Waals surface area contributed by atoms with Gasteiger partial charge in [0.1, 0.15) is 19.6 Å². The van der Waals surface area contributed by atoms with Gasteiger partial charge in [0.2, 0.25) is 0 Å². The van der Waals surface area contributed by atoms with Gasteiger partial charge in [-0.1, -0.05) is 0 Å². The van der Waals surface area contributed by atoms with Crippen LogP contribution in [-0.2, 0) is 23.1 Å². The second-order valence-electron chi connectivity index (χ2n) is 4.09. The van der Waals surface area contributed by atoms with Crippen molar-refractivity contribution in [3.63, 3.8) is 0 Å². The Balaban J connectivity index is 2.71. The molecule has 0 bridgehead atoms. The summed E-state index contributed by atoms with van der Waals surface area (Å²) in [5, 5.41) is 0. The summed E-state index contributed by atoms with van der Waals surface area (Å²) in [5.41, 5.74) is -0.841. The molecular formula is C9H18BO6P. The van der Waals surface area contributed by atoms with E-state index in [1.54, 1.807) is 6.92 Å². The van der Waals surface area contributed by atoms with Gasteiger partial charge >= 0.3 is 7.82 Å². The maximum Gasteiger partial charge on any atom is 0.472 e. The van der Waals surface area contributed by atoms with Crippen molar-refractivity contribution in [3.8, 4) is 0 Å². The van der Waals surface area contributed by atoms with E-state index in [1.165, 1.54) is 0 Å². The first-order valence-electron chi connectivity index (χ1n) is 5.41. The number of phosphoric acid groups is 1. The standard InChI is InChI=1S/C9H18BO6P/c1-4-14-6-9(2)7(5-8(10)15-9)16-17(11,12)13-3/h7-8H,4-6H2,1-3H3,(H,11,12)/t7-,8+,9+/m0/s1. The summed E-state index contributed by atoms with van der Waals surface area (Å²) in [6, 6.07) is -0.540. The van der Waals surface area contributed by atoms with Crippen LogP contribution in [0.1, 0.15) is 20.3 Å². The lowest BCUT2D eigenvalue weighted by Crippen LogP contribution is -2.42. The van der Waals surface area contributed by atoms with Crippen molar-refractivity contribution in [1.29, 1.82) is 0 Å². The molecule has 1 saturated heterocycles. The highest BCUT2D eigenvalue weighted by Gasteiger charge is 2.47. The Morgan fingerprint density at radius 1 is 1.65 bits per heavy atom. The number of rotatable bonds is 6. The Morgan fingerprint density at radius 3 is 2.82 bits per heavy atom. The van der Waals surface area contributed by atoms with E-state index in [9.17, 15) is 9.46 Å². The number of ether oxygens (including phenoxy) is 2. The van der Waals surface area contributed by atoms with E-state index >= 15 is 0 Å². The van der Waals surface area contributed by atoms with E-state index in [0.717, 1.165) is 7.11 Å². The first-order valence-corrected chi connectivity index (χ1v) is 6.90. The summed E-state index contributed by atoms with van der Waals surface area (Å²) in [6.45, 7) is 4.34. The zero-order chi connectivity index (χ0) is 13.1. The molecule has 1 unspecified atom stereocenters. The van der Waals surface area contributed by atoms with Crippen molar-refractivity contribution >= 4 is 15.7 Å². The van der Waals surface area contributed by atoms with E-state index in [0.29, 0.717) is 13.0 Å². The van der Waals surface area contributed by atoms with Gasteiger partial charge in [0.25, 0.3) is 0 Å². The number of phosphoric ester groups is 1. The normalized spacial score (nSPS) is 36.9. The summed E-state index contributed by atoms with van der Waals surface area (Å²) in [6.07, 6.45) is -0.322. The zero-order valence-electron chi connectivity index (χ0n) is 10.3. The molecule has 0 aromatic heterocycles. The molecule has 0 aliphatic carbocycles. The van der Waals surface area contributed by atoms with E-state index < -0.39 is 25.5 Å². The van der Waals surface area contributed by atoms with Crippen LogP contribution in [0.15, 0.2) is 0 Å². The van der Waals surface area contributed by atoms with Crippen LogP contribution in [0.4, 0.5) is 0 Å². The minimum absolute atomic E-state index is 0.242. The first-order chi connectivity index (χ1) is 7.83. The Kier molecular flexibility index (Phi) is 5.19. The third-order valence-corrected chi connectivity index (χ3v) is 3.61. The molecule has 6 nitrogen and oxygen atoms in total. The average molecular weight is 264 g/mol. The van der Waals surface area contributed by atoms with Gasteiger partial charge in [-0.3, -0.25) is 9.05 Å². The largest absolute Gasteiger partial charge is 0.472 e. The summed E-state index contributed by atoms with van der Waals surface area (Å²) >= 11 is 0. The number of hydrogen-bond acceptors (Lipinski definition) is 5. The predicted molar refractivity (Wildman–Crippen MR) is 61.8 cm³/mol. The van der Waals surface area contributed by atoms with E-state index in [2.05, 4.69) is 4.52 Å². The van der Waals surface area contributed by atoms with Crippen LogP contribution in [0, 0.1) is 0 Å². The minimum atomic E-state index is -4.05. The monoisotopic (exact) mass is 264 g/mol. The predicted octanol–water partition coefficient (Wildman–Crippen LogP) is 0.829. The van der Waals surface area contributed by atoms with Crippen LogP contribution < -0.4 is 0 Å². The van der Waals surface area contributed by atoms with Crippen LogP contribution in [0.3, 0.4) is 0 Å². The van der Waals surface area contributed by atoms with Crippen LogP contribution in [-0.4, -0.2) is 50.8 Å². The fraction of sp³-hybridized carbons (Fsp3) is 1.00. The minimum Gasteiger partial charge on any atom is -0.379 e. The van der Waals surface area contributed by atoms with Crippen LogP contribution in [0.2, 0.25) is 0 Å². The van der Waals surface area contributed by atoms with Crippen molar-refractivity contribution in [3.05, 3.63) is 0 Å². The lowest BCUT2D eigenvalue weighted by atomic mass is 9.93. The summed E-state index contributed by atoms with van der Waals surface area (Å²) < 4.78 is 31.6. The maximum absolute atomic E-state index is 11.4. The molecule has 1 rings (SSSR count). The smallest absolute Gasteiger partial charge is 0.379 e. The van der Waals surface area contributed by atoms with Crippen molar-refractivity contribution < 1.29 is 28.0 Å². The van der Waals surface area contributed by atoms with Crippen molar-refractivity contribution in [2.24, 2.45) is 0 Å². The molecule has 4 atom stereocenters. The van der Waals surface area contributed by atoms with Gasteiger partial charge in [-0.2, -0.15) is 0 Å². The highest BCUT2D eigenvalue weighted by Crippen LogP contribution is 2.48. The van der Waals surface area contributed by atoms with Crippen molar-refractivity contribution in [1.82, 2.24) is 0 Å². The molecule has 1 N–H and O–H groups in total. The van der Waals surface area contributed by atoms with Gasteiger partial charge in [0.15, 0.2) is 0 Å². The topological polar surface area (TPSA) is 74.2 Å². The SMILES string of the molecule is [B][C@H]1C[C@H](OP(=O)(O)OC)[C@@](C)(COCC)O1. The molecule has 98 valence electrons. The van der Waals surface area contributed by atoms with Crippen LogP contribution in [0.5, 0.6) is 0 Å². The van der Waals surface area contributed by atoms with Gasteiger partial charge in [-0.05, 0) is 20.3 Å². The van der Waals surface area contributed by atoms with Gasteiger partial charge in [0.05, 0.1) is 6.61 Å². The molecule has 17 heavy (non-hydrogen) atoms. The van der Waals surface area contributed by atoms with Gasteiger partial charge in [0, 0.05) is 19.7 Å². The molecule has 1 fully saturated rings. The average Bonchev–Trinajstić information content (AvgIpc) is 2.51. The Morgan fingerprint density at radius 2 is 2.29 bits per heavy atom. The Labute approximate surface area is 103 Å². The summed E-state index contributed by atoms with van der Waals surface area (Å²) in [7, 11) is 2.72. The fourth-order valence-electron chi connectivity index (χ4n) is 1.72. The molecule has 2 radical (unpaired) electrons. The molecule has 1 aliphatic rings. The van der Waals surface area contributed by atoms with E-state index in [4.69, 9.17) is 21.8 Å². The molecule has 0 aromatic carbocycles. The molecule has 8 heteroatoms. The molecule has 1 aliphatic heterocycles. The highest BCUT2D eigenvalue weighted by atomic mass is 31.2. The highest BCUT2D eigenvalue weighted by molar-refractivity contribution is 7.47. The maximum atomic E-state index is 11.4. The van der Waals surface area contributed by atoms with E-state index in [1.807, 2.05) is 6.92 Å². The fourth-order valence-corrected chi connectivity index (χ4v) is 2.44. The second kappa shape index (κ2) is 5.82. The summed E-state index contributed by atoms with van der Waals surface area (Å²) in [4.78, 5) is 9.30. The molecular weight excluding hydrogens is 246 g/mol. The Bertz CT molecular complexity index is 301. The van der Waals surface area contributed by atoms with Crippen molar-refractivity contribution in [2.45, 2.75) is 38.0 Å². The van der Waals surface area contributed by atoms with E-state index in [-0.39, 0.29) is 6.61 Å². The zero-order valence-corrected chi connectivity index (χ0v) is 11.2. The van der Waals surface area contributed by atoms with Crippen molar-refractivity contribution in [2.75, 3.05) is 20.3 Å². The third kappa shape index (κ3) is 4.05. The molecule has 0 aromatic rings. The molecule has 1 heterocycles. The quantitative estimate of drug-likeness (QED) is 0.565. The van der Waals surface area contributed by atoms with Crippen LogP contribution >= 0.6 is 7.82 Å².